The number of aromatic nitrogens is 3. The molecule has 0 saturated carbocycles. The number of piperidine rings is 1. The van der Waals surface area contributed by atoms with Crippen LogP contribution in [0, 0.1) is 0 Å². The Balaban J connectivity index is 1.46. The summed E-state index contributed by atoms with van der Waals surface area (Å²) in [5.41, 5.74) is 9.02. The molecule has 1 saturated heterocycles. The zero-order valence-corrected chi connectivity index (χ0v) is 16.3. The summed E-state index contributed by atoms with van der Waals surface area (Å²) in [7, 11) is 0. The molecule has 1 fully saturated rings. The monoisotopic (exact) mass is 409 g/mol. The molecule has 0 amide bonds. The fraction of sp³-hybridized carbons (Fsp3) is 0.250. The van der Waals surface area contributed by atoms with Gasteiger partial charge in [0.1, 0.15) is 9.71 Å². The lowest BCUT2D eigenvalue weighted by Gasteiger charge is -2.34. The first-order chi connectivity index (χ1) is 14.0. The average molecular weight is 409 g/mol. The molecule has 1 aromatic carbocycles. The van der Waals surface area contributed by atoms with Gasteiger partial charge in [-0.05, 0) is 31.0 Å². The highest BCUT2D eigenvalue weighted by molar-refractivity contribution is 7.21. The number of hydrogen-bond acceptors (Lipinski definition) is 6. The summed E-state index contributed by atoms with van der Waals surface area (Å²) in [5.74, 6) is -1.03. The maximum absolute atomic E-state index is 12.5. The molecule has 1 aliphatic rings. The van der Waals surface area contributed by atoms with Gasteiger partial charge in [-0.1, -0.05) is 12.1 Å². The summed E-state index contributed by atoms with van der Waals surface area (Å²) >= 11 is 1.10. The lowest BCUT2D eigenvalue weighted by Crippen LogP contribution is -2.37. The van der Waals surface area contributed by atoms with Crippen LogP contribution in [0.15, 0.2) is 41.3 Å². The van der Waals surface area contributed by atoms with Crippen LogP contribution in [-0.4, -0.2) is 38.7 Å². The van der Waals surface area contributed by atoms with E-state index in [0.717, 1.165) is 54.0 Å². The number of pyridine rings is 1. The van der Waals surface area contributed by atoms with Gasteiger partial charge in [0.05, 0.1) is 27.8 Å². The summed E-state index contributed by atoms with van der Waals surface area (Å²) in [6.45, 7) is 1.49. The number of nitrogens with zero attached hydrogens (tertiary/aromatic N) is 3. The Morgan fingerprint density at radius 2 is 2.00 bits per heavy atom. The van der Waals surface area contributed by atoms with Crippen molar-refractivity contribution in [1.82, 2.24) is 14.5 Å². The molecular formula is C20H19N5O3S. The number of thiophene rings is 1. The second-order valence-electron chi connectivity index (χ2n) is 7.20. The molecule has 29 heavy (non-hydrogen) atoms. The van der Waals surface area contributed by atoms with E-state index in [9.17, 15) is 14.7 Å². The topological polar surface area (TPSA) is 117 Å². The Hall–Kier alpha value is -3.33. The van der Waals surface area contributed by atoms with Crippen LogP contribution in [0.25, 0.3) is 21.3 Å². The number of carboxylic acids is 1. The van der Waals surface area contributed by atoms with Crippen molar-refractivity contribution >= 4 is 49.9 Å². The molecule has 8 nitrogen and oxygen atoms in total. The quantitative estimate of drug-likeness (QED) is 0.479. The van der Waals surface area contributed by atoms with Gasteiger partial charge in [0, 0.05) is 25.3 Å². The van der Waals surface area contributed by atoms with Gasteiger partial charge in [0.2, 0.25) is 0 Å². The van der Waals surface area contributed by atoms with Crippen molar-refractivity contribution in [2.75, 3.05) is 23.7 Å². The van der Waals surface area contributed by atoms with Gasteiger partial charge >= 0.3 is 11.7 Å². The van der Waals surface area contributed by atoms with Crippen molar-refractivity contribution in [3.05, 3.63) is 51.9 Å². The van der Waals surface area contributed by atoms with Crippen LogP contribution in [0.2, 0.25) is 0 Å². The number of anilines is 2. The third-order valence-electron chi connectivity index (χ3n) is 5.60. The standard InChI is InChI=1S/C20H19N5O3S/c21-16-15-14(5-8-22-18(15)29-17(16)19(26)27)24-9-6-11(7-10-24)25-13-4-2-1-3-12(13)23-20(25)28/h1-5,8,11H,6-7,9-10,21H2,(H,23,28)(H,26,27). The number of rotatable bonds is 3. The number of nitrogens with one attached hydrogen (secondary N) is 1. The number of H-pyrrole nitrogens is 1. The van der Waals surface area contributed by atoms with Crippen molar-refractivity contribution in [2.45, 2.75) is 18.9 Å². The summed E-state index contributed by atoms with van der Waals surface area (Å²) in [6, 6.07) is 9.72. The largest absolute Gasteiger partial charge is 0.477 e. The highest BCUT2D eigenvalue weighted by Gasteiger charge is 2.26. The summed E-state index contributed by atoms with van der Waals surface area (Å²) in [6.07, 6.45) is 3.30. The van der Waals surface area contributed by atoms with Crippen molar-refractivity contribution in [3.8, 4) is 0 Å². The summed E-state index contributed by atoms with van der Waals surface area (Å²) in [5, 5.41) is 10.1. The third kappa shape index (κ3) is 2.77. The van der Waals surface area contributed by atoms with Gasteiger partial charge in [-0.3, -0.25) is 4.57 Å². The molecule has 1 aliphatic heterocycles. The fourth-order valence-corrected chi connectivity index (χ4v) is 5.18. The van der Waals surface area contributed by atoms with Crippen LogP contribution in [-0.2, 0) is 0 Å². The number of benzene rings is 1. The Bertz CT molecular complexity index is 1300. The second kappa shape index (κ2) is 6.63. The first kappa shape index (κ1) is 17.7. The van der Waals surface area contributed by atoms with E-state index in [-0.39, 0.29) is 22.3 Å². The van der Waals surface area contributed by atoms with Crippen molar-refractivity contribution in [2.24, 2.45) is 0 Å². The number of fused-ring (bicyclic) bond motifs is 2. The molecule has 3 aromatic heterocycles. The fourth-order valence-electron chi connectivity index (χ4n) is 4.25. The van der Waals surface area contributed by atoms with Crippen LogP contribution in [0.3, 0.4) is 0 Å². The van der Waals surface area contributed by atoms with Crippen LogP contribution < -0.4 is 16.3 Å². The molecule has 148 valence electrons. The molecular weight excluding hydrogens is 390 g/mol. The molecule has 0 aliphatic carbocycles. The number of imidazole rings is 1. The second-order valence-corrected chi connectivity index (χ2v) is 8.19. The van der Waals surface area contributed by atoms with E-state index in [2.05, 4.69) is 14.9 Å². The molecule has 0 unspecified atom stereocenters. The SMILES string of the molecule is Nc1c(C(=O)O)sc2nccc(N3CCC(n4c(=O)[nH]c5ccccc54)CC3)c12. The molecule has 5 rings (SSSR count). The highest BCUT2D eigenvalue weighted by Crippen LogP contribution is 2.40. The Kier molecular flexibility index (Phi) is 4.06. The normalized spacial score (nSPS) is 15.4. The van der Waals surface area contributed by atoms with E-state index in [0.29, 0.717) is 10.2 Å². The van der Waals surface area contributed by atoms with Gasteiger partial charge in [0.25, 0.3) is 0 Å². The summed E-state index contributed by atoms with van der Waals surface area (Å²) < 4.78 is 1.86. The molecule has 4 aromatic rings. The Morgan fingerprint density at radius 3 is 2.76 bits per heavy atom. The Labute approximate surface area is 169 Å². The van der Waals surface area contributed by atoms with E-state index < -0.39 is 5.97 Å². The number of aromatic amines is 1. The number of carboxylic acid groups (broad SMARTS) is 1. The van der Waals surface area contributed by atoms with Gasteiger partial charge in [-0.15, -0.1) is 11.3 Å². The molecule has 9 heteroatoms. The van der Waals surface area contributed by atoms with Crippen LogP contribution in [0.1, 0.15) is 28.6 Å². The molecule has 0 spiro atoms. The minimum absolute atomic E-state index is 0.0795. The van der Waals surface area contributed by atoms with Gasteiger partial charge in [-0.2, -0.15) is 0 Å². The van der Waals surface area contributed by atoms with Crippen LogP contribution in [0.4, 0.5) is 11.4 Å². The van der Waals surface area contributed by atoms with E-state index in [1.54, 1.807) is 6.20 Å². The number of hydrogen-bond donors (Lipinski definition) is 3. The smallest absolute Gasteiger partial charge is 0.348 e. The van der Waals surface area contributed by atoms with Crippen molar-refractivity contribution in [1.29, 1.82) is 0 Å². The molecule has 0 radical (unpaired) electrons. The lowest BCUT2D eigenvalue weighted by molar-refractivity contribution is 0.0703. The highest BCUT2D eigenvalue weighted by atomic mass is 32.1. The van der Waals surface area contributed by atoms with E-state index >= 15 is 0 Å². The van der Waals surface area contributed by atoms with Gasteiger partial charge in [-0.25, -0.2) is 14.6 Å². The zero-order valence-electron chi connectivity index (χ0n) is 15.5. The van der Waals surface area contributed by atoms with Crippen molar-refractivity contribution in [3.63, 3.8) is 0 Å². The first-order valence-electron chi connectivity index (χ1n) is 9.39. The molecule has 0 bridgehead atoms. The third-order valence-corrected chi connectivity index (χ3v) is 6.70. The molecule has 4 heterocycles. The maximum atomic E-state index is 12.5. The van der Waals surface area contributed by atoms with E-state index in [1.165, 1.54) is 0 Å². The predicted octanol–water partition coefficient (Wildman–Crippen LogP) is 3.06. The number of nitrogen functional groups attached to an aromatic ring is 1. The number of nitrogens with two attached hydrogens (primary N) is 1. The van der Waals surface area contributed by atoms with Gasteiger partial charge in [0.15, 0.2) is 0 Å². The van der Waals surface area contributed by atoms with Crippen LogP contribution in [0.5, 0.6) is 0 Å². The average Bonchev–Trinajstić information content (AvgIpc) is 3.24. The molecule has 4 N–H and O–H groups in total. The number of aromatic carboxylic acids is 1. The van der Waals surface area contributed by atoms with E-state index in [4.69, 9.17) is 5.73 Å². The van der Waals surface area contributed by atoms with Gasteiger partial charge < -0.3 is 20.7 Å². The minimum atomic E-state index is -1.03. The number of carbonyl (C=O) groups is 1. The van der Waals surface area contributed by atoms with Crippen LogP contribution >= 0.6 is 11.3 Å². The Morgan fingerprint density at radius 1 is 1.24 bits per heavy atom. The molecule has 0 atom stereocenters. The minimum Gasteiger partial charge on any atom is -0.477 e. The lowest BCUT2D eigenvalue weighted by atomic mass is 10.0. The maximum Gasteiger partial charge on any atom is 0.348 e. The van der Waals surface area contributed by atoms with E-state index in [1.807, 2.05) is 34.9 Å². The summed E-state index contributed by atoms with van der Waals surface area (Å²) in [4.78, 5) is 34.1. The predicted molar refractivity (Wildman–Crippen MR) is 114 cm³/mol. The number of para-hydroxylation sites is 2. The zero-order chi connectivity index (χ0) is 20.1. The first-order valence-corrected chi connectivity index (χ1v) is 10.2. The van der Waals surface area contributed by atoms with Crippen molar-refractivity contribution < 1.29 is 9.90 Å².